The van der Waals surface area contributed by atoms with E-state index in [1.807, 2.05) is 4.90 Å². The lowest BCUT2D eigenvalue weighted by atomic mass is 9.97. The predicted molar refractivity (Wildman–Crippen MR) is 93.9 cm³/mol. The number of carbonyl (C=O) groups excluding carboxylic acids is 1. The second kappa shape index (κ2) is 7.21. The second-order valence-electron chi connectivity index (χ2n) is 6.15. The van der Waals surface area contributed by atoms with Crippen molar-refractivity contribution in [2.75, 3.05) is 26.2 Å². The highest BCUT2D eigenvalue weighted by Gasteiger charge is 2.35. The molecule has 2 aliphatic heterocycles. The number of halogens is 1. The second-order valence-corrected chi connectivity index (χ2v) is 10.8. The van der Waals surface area contributed by atoms with E-state index in [-0.39, 0.29) is 11.8 Å². The van der Waals surface area contributed by atoms with Crippen LogP contribution < -0.4 is 0 Å². The average molecular weight is 421 g/mol. The Morgan fingerprint density at radius 1 is 1.13 bits per heavy atom. The maximum absolute atomic E-state index is 12.7. The lowest BCUT2D eigenvalue weighted by Crippen LogP contribution is -2.47. The zero-order valence-electron chi connectivity index (χ0n) is 12.9. The summed E-state index contributed by atoms with van der Waals surface area (Å²) in [6, 6.07) is 3.37. The van der Waals surface area contributed by atoms with Crippen molar-refractivity contribution in [3.8, 4) is 0 Å². The Bertz CT molecular complexity index is 668. The standard InChI is InChI=1S/C15H21BrN2O3S2/c16-13-6-7-14(22-13)23(20,21)18-10-4-5-12(11-18)15(19)17-8-2-1-3-9-17/h6-7,12H,1-5,8-11H2. The third-order valence-electron chi connectivity index (χ3n) is 4.54. The van der Waals surface area contributed by atoms with Crippen LogP contribution in [0.15, 0.2) is 20.1 Å². The minimum atomic E-state index is -3.49. The first kappa shape index (κ1) is 17.4. The van der Waals surface area contributed by atoms with E-state index < -0.39 is 10.0 Å². The van der Waals surface area contributed by atoms with Gasteiger partial charge in [0.1, 0.15) is 4.21 Å². The highest BCUT2D eigenvalue weighted by Crippen LogP contribution is 2.31. The molecule has 0 aromatic carbocycles. The number of likely N-dealkylation sites (tertiary alicyclic amines) is 1. The van der Waals surface area contributed by atoms with E-state index in [1.54, 1.807) is 12.1 Å². The van der Waals surface area contributed by atoms with E-state index >= 15 is 0 Å². The molecular formula is C15H21BrN2O3S2. The topological polar surface area (TPSA) is 57.7 Å². The quantitative estimate of drug-likeness (QED) is 0.754. The Morgan fingerprint density at radius 3 is 2.52 bits per heavy atom. The maximum atomic E-state index is 12.7. The van der Waals surface area contributed by atoms with E-state index in [4.69, 9.17) is 0 Å². The van der Waals surface area contributed by atoms with Crippen molar-refractivity contribution in [2.24, 2.45) is 5.92 Å². The van der Waals surface area contributed by atoms with Gasteiger partial charge in [-0.2, -0.15) is 4.31 Å². The van der Waals surface area contributed by atoms with Gasteiger partial charge in [-0.3, -0.25) is 4.79 Å². The molecule has 2 saturated heterocycles. The summed E-state index contributed by atoms with van der Waals surface area (Å²) in [5, 5.41) is 0. The lowest BCUT2D eigenvalue weighted by Gasteiger charge is -2.35. The van der Waals surface area contributed by atoms with Gasteiger partial charge in [-0.1, -0.05) is 0 Å². The van der Waals surface area contributed by atoms with Crippen LogP contribution in [0, 0.1) is 5.92 Å². The Hall–Kier alpha value is -0.440. The molecule has 2 aliphatic rings. The summed E-state index contributed by atoms with van der Waals surface area (Å²) < 4.78 is 28.1. The van der Waals surface area contributed by atoms with Crippen LogP contribution in [0.25, 0.3) is 0 Å². The Labute approximate surface area is 149 Å². The van der Waals surface area contributed by atoms with Gasteiger partial charge in [0.2, 0.25) is 5.91 Å². The summed E-state index contributed by atoms with van der Waals surface area (Å²) in [6.45, 7) is 2.45. The molecule has 1 aromatic rings. The molecule has 23 heavy (non-hydrogen) atoms. The Kier molecular flexibility index (Phi) is 5.45. The molecule has 0 aliphatic carbocycles. The average Bonchev–Trinajstić information content (AvgIpc) is 3.02. The fourth-order valence-corrected chi connectivity index (χ4v) is 6.99. The zero-order chi connectivity index (χ0) is 16.4. The monoisotopic (exact) mass is 420 g/mol. The summed E-state index contributed by atoms with van der Waals surface area (Å²) in [5.74, 6) is -0.0583. The molecule has 1 unspecified atom stereocenters. The van der Waals surface area contributed by atoms with E-state index in [2.05, 4.69) is 15.9 Å². The minimum absolute atomic E-state index is 0.136. The molecule has 0 radical (unpaired) electrons. The lowest BCUT2D eigenvalue weighted by molar-refractivity contribution is -0.137. The largest absolute Gasteiger partial charge is 0.342 e. The van der Waals surface area contributed by atoms with Gasteiger partial charge in [-0.05, 0) is 60.2 Å². The molecule has 0 spiro atoms. The molecule has 0 bridgehead atoms. The number of thiophene rings is 1. The van der Waals surface area contributed by atoms with Crippen molar-refractivity contribution in [1.29, 1.82) is 0 Å². The van der Waals surface area contributed by atoms with Gasteiger partial charge in [0, 0.05) is 26.2 Å². The van der Waals surface area contributed by atoms with Gasteiger partial charge < -0.3 is 4.90 Å². The smallest absolute Gasteiger partial charge is 0.252 e. The minimum Gasteiger partial charge on any atom is -0.342 e. The number of rotatable bonds is 3. The molecule has 1 aromatic heterocycles. The summed E-state index contributed by atoms with van der Waals surface area (Å²) >= 11 is 4.53. The number of nitrogens with zero attached hydrogens (tertiary/aromatic N) is 2. The van der Waals surface area contributed by atoms with Crippen molar-refractivity contribution in [1.82, 2.24) is 9.21 Å². The summed E-state index contributed by atoms with van der Waals surface area (Å²) in [7, 11) is -3.49. The number of hydrogen-bond acceptors (Lipinski definition) is 4. The molecule has 1 amide bonds. The number of carbonyl (C=O) groups is 1. The summed E-state index contributed by atoms with van der Waals surface area (Å²) in [6.07, 6.45) is 4.83. The van der Waals surface area contributed by atoms with Crippen molar-refractivity contribution in [3.63, 3.8) is 0 Å². The van der Waals surface area contributed by atoms with Crippen molar-refractivity contribution < 1.29 is 13.2 Å². The first-order chi connectivity index (χ1) is 11.0. The first-order valence-electron chi connectivity index (χ1n) is 8.03. The van der Waals surface area contributed by atoms with Crippen LogP contribution in [0.5, 0.6) is 0 Å². The van der Waals surface area contributed by atoms with Crippen LogP contribution in [0.4, 0.5) is 0 Å². The third-order valence-corrected chi connectivity index (χ3v) is 8.50. The molecule has 3 heterocycles. The normalized spacial score (nSPS) is 23.9. The van der Waals surface area contributed by atoms with Crippen molar-refractivity contribution in [3.05, 3.63) is 15.9 Å². The number of piperidine rings is 2. The van der Waals surface area contributed by atoms with Gasteiger partial charge in [0.05, 0.1) is 9.70 Å². The molecular weight excluding hydrogens is 400 g/mol. The molecule has 1 atom stereocenters. The highest BCUT2D eigenvalue weighted by molar-refractivity contribution is 9.11. The molecule has 3 rings (SSSR count). The number of sulfonamides is 1. The van der Waals surface area contributed by atoms with Crippen LogP contribution in [0.3, 0.4) is 0 Å². The fraction of sp³-hybridized carbons (Fsp3) is 0.667. The molecule has 8 heteroatoms. The van der Waals surface area contributed by atoms with E-state index in [0.29, 0.717) is 17.3 Å². The van der Waals surface area contributed by atoms with Crippen molar-refractivity contribution >= 4 is 43.2 Å². The molecule has 0 N–H and O–H groups in total. The van der Waals surface area contributed by atoms with E-state index in [9.17, 15) is 13.2 Å². The summed E-state index contributed by atoms with van der Waals surface area (Å²) in [5.41, 5.74) is 0. The van der Waals surface area contributed by atoms with Crippen LogP contribution in [-0.4, -0.2) is 49.7 Å². The van der Waals surface area contributed by atoms with Gasteiger partial charge >= 0.3 is 0 Å². The zero-order valence-corrected chi connectivity index (χ0v) is 16.1. The van der Waals surface area contributed by atoms with Crippen LogP contribution in [0.2, 0.25) is 0 Å². The van der Waals surface area contributed by atoms with Gasteiger partial charge in [0.15, 0.2) is 0 Å². The van der Waals surface area contributed by atoms with Crippen LogP contribution in [-0.2, 0) is 14.8 Å². The summed E-state index contributed by atoms with van der Waals surface area (Å²) in [4.78, 5) is 14.6. The van der Waals surface area contributed by atoms with Crippen LogP contribution in [0.1, 0.15) is 32.1 Å². The van der Waals surface area contributed by atoms with Gasteiger partial charge in [-0.25, -0.2) is 8.42 Å². The van der Waals surface area contributed by atoms with Crippen molar-refractivity contribution in [2.45, 2.75) is 36.3 Å². The highest BCUT2D eigenvalue weighted by atomic mass is 79.9. The Morgan fingerprint density at radius 2 is 1.87 bits per heavy atom. The third kappa shape index (κ3) is 3.81. The number of hydrogen-bond donors (Lipinski definition) is 0. The molecule has 5 nitrogen and oxygen atoms in total. The molecule has 0 saturated carbocycles. The van der Waals surface area contributed by atoms with E-state index in [1.165, 1.54) is 22.1 Å². The molecule has 128 valence electrons. The van der Waals surface area contributed by atoms with Crippen LogP contribution >= 0.6 is 27.3 Å². The fourth-order valence-electron chi connectivity index (χ4n) is 3.30. The van der Waals surface area contributed by atoms with Gasteiger partial charge in [-0.15, -0.1) is 11.3 Å². The van der Waals surface area contributed by atoms with E-state index in [0.717, 1.165) is 42.6 Å². The SMILES string of the molecule is O=C(C1CCCN(S(=O)(=O)c2ccc(Br)s2)C1)N1CCCCC1. The van der Waals surface area contributed by atoms with Gasteiger partial charge in [0.25, 0.3) is 10.0 Å². The molecule has 2 fully saturated rings. The predicted octanol–water partition coefficient (Wildman–Crippen LogP) is 2.92. The number of amides is 1. The first-order valence-corrected chi connectivity index (χ1v) is 11.1. The Balaban J connectivity index is 1.71. The maximum Gasteiger partial charge on any atom is 0.252 e.